The zero-order valence-electron chi connectivity index (χ0n) is 10.3. The molecular formula is C13H19FN2O. The molecule has 3 nitrogen and oxygen atoms in total. The van der Waals surface area contributed by atoms with Crippen LogP contribution < -0.4 is 15.8 Å². The average molecular weight is 238 g/mol. The van der Waals surface area contributed by atoms with Crippen molar-refractivity contribution < 1.29 is 9.13 Å². The van der Waals surface area contributed by atoms with Gasteiger partial charge in [-0.1, -0.05) is 0 Å². The number of halogens is 1. The Bertz CT molecular complexity index is 403. The molecule has 1 aliphatic carbocycles. The molecule has 0 aliphatic heterocycles. The van der Waals surface area contributed by atoms with E-state index in [1.165, 1.54) is 18.9 Å². The number of ether oxygens (including phenoxy) is 1. The normalized spacial score (nSPS) is 15.1. The standard InChI is InChI=1S/C13H19FN2O/c1-8(2)17-13-6-12(11(15)5-10(13)14)16-7-9-3-4-9/h5-6,8-9,16H,3-4,7,15H2,1-2H3. The largest absolute Gasteiger partial charge is 0.488 e. The zero-order valence-corrected chi connectivity index (χ0v) is 10.3. The molecule has 2 rings (SSSR count). The fourth-order valence-electron chi connectivity index (χ4n) is 1.64. The number of hydrogen-bond acceptors (Lipinski definition) is 3. The van der Waals surface area contributed by atoms with Gasteiger partial charge in [-0.15, -0.1) is 0 Å². The Balaban J connectivity index is 2.12. The summed E-state index contributed by atoms with van der Waals surface area (Å²) in [6.45, 7) is 4.64. The topological polar surface area (TPSA) is 47.3 Å². The van der Waals surface area contributed by atoms with Gasteiger partial charge in [-0.25, -0.2) is 4.39 Å². The first kappa shape index (κ1) is 12.0. The van der Waals surface area contributed by atoms with Crippen molar-refractivity contribution in [2.45, 2.75) is 32.8 Å². The molecule has 0 saturated heterocycles. The van der Waals surface area contributed by atoms with Crippen molar-refractivity contribution in [1.29, 1.82) is 0 Å². The fraction of sp³-hybridized carbons (Fsp3) is 0.538. The predicted molar refractivity (Wildman–Crippen MR) is 67.8 cm³/mol. The summed E-state index contributed by atoms with van der Waals surface area (Å²) in [6.07, 6.45) is 2.48. The SMILES string of the molecule is CC(C)Oc1cc(NCC2CC2)c(N)cc1F. The molecule has 0 unspecified atom stereocenters. The van der Waals surface area contributed by atoms with Crippen LogP contribution in [0.15, 0.2) is 12.1 Å². The number of rotatable bonds is 5. The van der Waals surface area contributed by atoms with Gasteiger partial charge in [0.25, 0.3) is 0 Å². The minimum atomic E-state index is -0.409. The van der Waals surface area contributed by atoms with Crippen molar-refractivity contribution in [1.82, 2.24) is 0 Å². The molecule has 0 spiro atoms. The van der Waals surface area contributed by atoms with Crippen LogP contribution >= 0.6 is 0 Å². The molecule has 17 heavy (non-hydrogen) atoms. The van der Waals surface area contributed by atoms with E-state index in [4.69, 9.17) is 10.5 Å². The molecule has 0 atom stereocenters. The first-order valence-corrected chi connectivity index (χ1v) is 6.06. The van der Waals surface area contributed by atoms with Crippen LogP contribution in [0.1, 0.15) is 26.7 Å². The summed E-state index contributed by atoms with van der Waals surface area (Å²) in [5, 5.41) is 3.24. The molecule has 1 saturated carbocycles. The van der Waals surface area contributed by atoms with Crippen LogP contribution in [-0.4, -0.2) is 12.6 Å². The van der Waals surface area contributed by atoms with E-state index in [9.17, 15) is 4.39 Å². The van der Waals surface area contributed by atoms with Gasteiger partial charge >= 0.3 is 0 Å². The molecule has 0 bridgehead atoms. The number of nitrogen functional groups attached to an aromatic ring is 1. The Hall–Kier alpha value is -1.45. The number of benzene rings is 1. The quantitative estimate of drug-likeness (QED) is 0.775. The molecule has 4 heteroatoms. The summed E-state index contributed by atoms with van der Waals surface area (Å²) < 4.78 is 19.0. The lowest BCUT2D eigenvalue weighted by atomic mass is 10.2. The molecule has 0 aromatic heterocycles. The molecule has 0 amide bonds. The van der Waals surface area contributed by atoms with E-state index in [2.05, 4.69) is 5.32 Å². The van der Waals surface area contributed by atoms with Gasteiger partial charge in [-0.2, -0.15) is 0 Å². The maximum absolute atomic E-state index is 13.6. The van der Waals surface area contributed by atoms with Crippen molar-refractivity contribution in [2.24, 2.45) is 5.92 Å². The van der Waals surface area contributed by atoms with Gasteiger partial charge in [0, 0.05) is 18.7 Å². The van der Waals surface area contributed by atoms with Gasteiger partial charge in [-0.05, 0) is 32.6 Å². The zero-order chi connectivity index (χ0) is 12.4. The Labute approximate surface area is 101 Å². The molecular weight excluding hydrogens is 219 g/mol. The van der Waals surface area contributed by atoms with Crippen molar-refractivity contribution in [2.75, 3.05) is 17.6 Å². The van der Waals surface area contributed by atoms with E-state index >= 15 is 0 Å². The summed E-state index contributed by atoms with van der Waals surface area (Å²) in [4.78, 5) is 0. The Morgan fingerprint density at radius 3 is 2.76 bits per heavy atom. The van der Waals surface area contributed by atoms with Crippen LogP contribution in [0.5, 0.6) is 5.75 Å². The molecule has 94 valence electrons. The predicted octanol–water partition coefficient (Wildman–Crippen LogP) is 3.02. The number of nitrogens with one attached hydrogen (secondary N) is 1. The van der Waals surface area contributed by atoms with Gasteiger partial charge in [0.2, 0.25) is 0 Å². The minimum Gasteiger partial charge on any atom is -0.488 e. The summed E-state index contributed by atoms with van der Waals surface area (Å²) in [5.41, 5.74) is 6.96. The number of anilines is 2. The van der Waals surface area contributed by atoms with Crippen molar-refractivity contribution in [3.63, 3.8) is 0 Å². The van der Waals surface area contributed by atoms with Crippen LogP contribution in [0.2, 0.25) is 0 Å². The summed E-state index contributed by atoms with van der Waals surface area (Å²) in [5.74, 6) is 0.592. The van der Waals surface area contributed by atoms with Crippen LogP contribution in [0.3, 0.4) is 0 Å². The highest BCUT2D eigenvalue weighted by Gasteiger charge is 2.21. The summed E-state index contributed by atoms with van der Waals surface area (Å²) in [6, 6.07) is 2.96. The summed E-state index contributed by atoms with van der Waals surface area (Å²) in [7, 11) is 0. The smallest absolute Gasteiger partial charge is 0.167 e. The average Bonchev–Trinajstić information content (AvgIpc) is 3.03. The molecule has 0 radical (unpaired) electrons. The van der Waals surface area contributed by atoms with Gasteiger partial charge in [-0.3, -0.25) is 0 Å². The second kappa shape index (κ2) is 4.82. The minimum absolute atomic E-state index is 0.0515. The molecule has 1 fully saturated rings. The first-order valence-electron chi connectivity index (χ1n) is 6.06. The Kier molecular flexibility index (Phi) is 3.41. The summed E-state index contributed by atoms with van der Waals surface area (Å²) >= 11 is 0. The van der Waals surface area contributed by atoms with Crippen molar-refractivity contribution in [3.05, 3.63) is 17.9 Å². The highest BCUT2D eigenvalue weighted by Crippen LogP contribution is 2.32. The van der Waals surface area contributed by atoms with E-state index in [-0.39, 0.29) is 11.9 Å². The van der Waals surface area contributed by atoms with Crippen LogP contribution in [0.25, 0.3) is 0 Å². The highest BCUT2D eigenvalue weighted by molar-refractivity contribution is 5.68. The van der Waals surface area contributed by atoms with Gasteiger partial charge in [0.05, 0.1) is 17.5 Å². The lowest BCUT2D eigenvalue weighted by Crippen LogP contribution is -2.10. The van der Waals surface area contributed by atoms with E-state index in [0.717, 1.165) is 18.2 Å². The third-order valence-electron chi connectivity index (χ3n) is 2.74. The van der Waals surface area contributed by atoms with Gasteiger partial charge < -0.3 is 15.8 Å². The molecule has 3 N–H and O–H groups in total. The van der Waals surface area contributed by atoms with E-state index < -0.39 is 5.82 Å². The van der Waals surface area contributed by atoms with Crippen molar-refractivity contribution >= 4 is 11.4 Å². The van der Waals surface area contributed by atoms with Crippen LogP contribution in [-0.2, 0) is 0 Å². The van der Waals surface area contributed by atoms with E-state index in [1.54, 1.807) is 6.07 Å². The van der Waals surface area contributed by atoms with Gasteiger partial charge in [0.15, 0.2) is 11.6 Å². The molecule has 1 aromatic rings. The van der Waals surface area contributed by atoms with Crippen molar-refractivity contribution in [3.8, 4) is 5.75 Å². The molecule has 0 heterocycles. The fourth-order valence-corrected chi connectivity index (χ4v) is 1.64. The van der Waals surface area contributed by atoms with Crippen LogP contribution in [0.4, 0.5) is 15.8 Å². The maximum atomic E-state index is 13.6. The van der Waals surface area contributed by atoms with E-state index in [1.807, 2.05) is 13.8 Å². The third-order valence-corrected chi connectivity index (χ3v) is 2.74. The van der Waals surface area contributed by atoms with Gasteiger partial charge in [0.1, 0.15) is 0 Å². The molecule has 1 aromatic carbocycles. The third kappa shape index (κ3) is 3.25. The molecule has 1 aliphatic rings. The van der Waals surface area contributed by atoms with E-state index in [0.29, 0.717) is 5.69 Å². The Morgan fingerprint density at radius 2 is 2.18 bits per heavy atom. The second-order valence-corrected chi connectivity index (χ2v) is 4.86. The maximum Gasteiger partial charge on any atom is 0.167 e. The monoisotopic (exact) mass is 238 g/mol. The highest BCUT2D eigenvalue weighted by atomic mass is 19.1. The second-order valence-electron chi connectivity index (χ2n) is 4.86. The lowest BCUT2D eigenvalue weighted by molar-refractivity contribution is 0.231. The first-order chi connectivity index (χ1) is 8.06. The Morgan fingerprint density at radius 1 is 1.47 bits per heavy atom. The number of nitrogens with two attached hydrogens (primary N) is 1. The van der Waals surface area contributed by atoms with Crippen LogP contribution in [0, 0.1) is 11.7 Å². The lowest BCUT2D eigenvalue weighted by Gasteiger charge is -2.14. The number of hydrogen-bond donors (Lipinski definition) is 2.